The van der Waals surface area contributed by atoms with Crippen LogP contribution >= 0.6 is 0 Å². The lowest BCUT2D eigenvalue weighted by Gasteiger charge is -2.51. The number of carbonyl (C=O) groups is 1. The summed E-state index contributed by atoms with van der Waals surface area (Å²) >= 11 is 0. The van der Waals surface area contributed by atoms with Gasteiger partial charge in [0, 0.05) is 0 Å². The highest BCUT2D eigenvalue weighted by Gasteiger charge is 2.51. The third-order valence-corrected chi connectivity index (χ3v) is 8.19. The van der Waals surface area contributed by atoms with Gasteiger partial charge in [0.15, 0.2) is 0 Å². The molecule has 3 rings (SSSR count). The summed E-state index contributed by atoms with van der Waals surface area (Å²) in [5.74, 6) is 1.70. The number of fused-ring (bicyclic) bond motifs is 1. The smallest absolute Gasteiger partial charge is 0.306 e. The van der Waals surface area contributed by atoms with E-state index in [-0.39, 0.29) is 11.8 Å². The molecule has 27 heavy (non-hydrogen) atoms. The number of unbranched alkanes of at least 4 members (excludes halogenated alkanes) is 3. The summed E-state index contributed by atoms with van der Waals surface area (Å²) in [6.07, 6.45) is 17.1. The molecule has 152 valence electrons. The standard InChI is InChI=1S/C24H39NO2/c1-2-3-4-6-9-17-12-13-20-21(14-17)19(16-25)15-22(24(26)27)23(20)18-10-7-5-8-11-18/h17-23H,2-15H2,1H3,(H,26,27). The van der Waals surface area contributed by atoms with E-state index in [9.17, 15) is 15.2 Å². The quantitative estimate of drug-likeness (QED) is 0.523. The first-order valence-corrected chi connectivity index (χ1v) is 11.8. The van der Waals surface area contributed by atoms with Gasteiger partial charge in [-0.25, -0.2) is 0 Å². The summed E-state index contributed by atoms with van der Waals surface area (Å²) in [7, 11) is 0. The van der Waals surface area contributed by atoms with Crippen molar-refractivity contribution >= 4 is 5.97 Å². The van der Waals surface area contributed by atoms with Gasteiger partial charge in [-0.15, -0.1) is 0 Å². The maximum absolute atomic E-state index is 12.1. The lowest BCUT2D eigenvalue weighted by atomic mass is 9.52. The fourth-order valence-electron chi connectivity index (χ4n) is 6.90. The zero-order valence-corrected chi connectivity index (χ0v) is 17.2. The highest BCUT2D eigenvalue weighted by Crippen LogP contribution is 2.55. The van der Waals surface area contributed by atoms with E-state index in [1.807, 2.05) is 0 Å². The van der Waals surface area contributed by atoms with Crippen LogP contribution < -0.4 is 0 Å². The first kappa shape index (κ1) is 20.7. The molecule has 3 heteroatoms. The van der Waals surface area contributed by atoms with Gasteiger partial charge in [-0.2, -0.15) is 5.26 Å². The van der Waals surface area contributed by atoms with Gasteiger partial charge in [-0.1, -0.05) is 77.6 Å². The van der Waals surface area contributed by atoms with E-state index in [0.29, 0.717) is 30.1 Å². The van der Waals surface area contributed by atoms with Gasteiger partial charge in [0.2, 0.25) is 0 Å². The number of rotatable bonds is 7. The Bertz CT molecular complexity index is 519. The van der Waals surface area contributed by atoms with Crippen LogP contribution in [0.2, 0.25) is 0 Å². The minimum Gasteiger partial charge on any atom is -0.481 e. The summed E-state index contributed by atoms with van der Waals surface area (Å²) < 4.78 is 0. The van der Waals surface area contributed by atoms with Crippen LogP contribution in [0.15, 0.2) is 0 Å². The molecular weight excluding hydrogens is 334 g/mol. The lowest BCUT2D eigenvalue weighted by molar-refractivity contribution is -0.152. The molecule has 0 aromatic heterocycles. The summed E-state index contributed by atoms with van der Waals surface area (Å²) in [5, 5.41) is 19.8. The van der Waals surface area contributed by atoms with E-state index in [1.165, 1.54) is 83.5 Å². The molecular formula is C24H39NO2. The van der Waals surface area contributed by atoms with E-state index in [0.717, 1.165) is 5.92 Å². The Balaban J connectivity index is 1.71. The van der Waals surface area contributed by atoms with Crippen molar-refractivity contribution in [2.24, 2.45) is 41.4 Å². The van der Waals surface area contributed by atoms with Gasteiger partial charge in [-0.05, 0) is 48.9 Å². The molecule has 0 radical (unpaired) electrons. The van der Waals surface area contributed by atoms with E-state index in [2.05, 4.69) is 13.0 Å². The van der Waals surface area contributed by atoms with Crippen LogP contribution in [0.3, 0.4) is 0 Å². The molecule has 3 aliphatic carbocycles. The predicted molar refractivity (Wildman–Crippen MR) is 108 cm³/mol. The second kappa shape index (κ2) is 9.94. The minimum atomic E-state index is -0.633. The number of hydrogen-bond acceptors (Lipinski definition) is 2. The van der Waals surface area contributed by atoms with E-state index >= 15 is 0 Å². The highest BCUT2D eigenvalue weighted by atomic mass is 16.4. The van der Waals surface area contributed by atoms with Crippen molar-refractivity contribution in [2.45, 2.75) is 96.8 Å². The summed E-state index contributed by atoms with van der Waals surface area (Å²) in [4.78, 5) is 12.1. The van der Waals surface area contributed by atoms with Crippen molar-refractivity contribution in [3.63, 3.8) is 0 Å². The molecule has 0 heterocycles. The largest absolute Gasteiger partial charge is 0.481 e. The topological polar surface area (TPSA) is 61.1 Å². The Morgan fingerprint density at radius 1 is 1.00 bits per heavy atom. The Hall–Kier alpha value is -1.04. The van der Waals surface area contributed by atoms with Crippen LogP contribution in [-0.2, 0) is 4.79 Å². The van der Waals surface area contributed by atoms with Crippen LogP contribution in [-0.4, -0.2) is 11.1 Å². The van der Waals surface area contributed by atoms with Crippen molar-refractivity contribution in [2.75, 3.05) is 0 Å². The van der Waals surface area contributed by atoms with E-state index < -0.39 is 5.97 Å². The lowest BCUT2D eigenvalue weighted by Crippen LogP contribution is -2.48. The second-order valence-electron chi connectivity index (χ2n) is 9.75. The third-order valence-electron chi connectivity index (χ3n) is 8.19. The molecule has 1 N–H and O–H groups in total. The first-order valence-electron chi connectivity index (χ1n) is 11.8. The van der Waals surface area contributed by atoms with Crippen LogP contribution in [0.4, 0.5) is 0 Å². The molecule has 3 nitrogen and oxygen atoms in total. The monoisotopic (exact) mass is 373 g/mol. The van der Waals surface area contributed by atoms with Crippen LogP contribution in [0.5, 0.6) is 0 Å². The van der Waals surface area contributed by atoms with E-state index in [4.69, 9.17) is 0 Å². The number of carboxylic acid groups (broad SMARTS) is 1. The maximum atomic E-state index is 12.1. The molecule has 3 aliphatic rings. The van der Waals surface area contributed by atoms with Gasteiger partial charge < -0.3 is 5.11 Å². The summed E-state index contributed by atoms with van der Waals surface area (Å²) in [5.41, 5.74) is 0. The highest BCUT2D eigenvalue weighted by molar-refractivity contribution is 5.70. The third kappa shape index (κ3) is 4.87. The molecule has 6 unspecified atom stereocenters. The average Bonchev–Trinajstić information content (AvgIpc) is 2.70. The summed E-state index contributed by atoms with van der Waals surface area (Å²) in [6.45, 7) is 2.26. The average molecular weight is 374 g/mol. The van der Waals surface area contributed by atoms with Crippen molar-refractivity contribution in [3.8, 4) is 6.07 Å². The zero-order valence-electron chi connectivity index (χ0n) is 17.2. The maximum Gasteiger partial charge on any atom is 0.306 e. The molecule has 0 aliphatic heterocycles. The van der Waals surface area contributed by atoms with Gasteiger partial charge in [-0.3, -0.25) is 4.79 Å². The Kier molecular flexibility index (Phi) is 7.62. The SMILES string of the molecule is CCCCCCC1CCC2C(C1)C(C#N)CC(C(=O)O)C2C1CCCCC1. The number of aliphatic carboxylic acids is 1. The molecule has 3 saturated carbocycles. The van der Waals surface area contributed by atoms with Crippen molar-refractivity contribution in [1.82, 2.24) is 0 Å². The number of carboxylic acids is 1. The molecule has 3 fully saturated rings. The summed E-state index contributed by atoms with van der Waals surface area (Å²) in [6, 6.07) is 2.55. The molecule has 0 saturated heterocycles. The molecule has 0 bridgehead atoms. The van der Waals surface area contributed by atoms with Crippen molar-refractivity contribution in [3.05, 3.63) is 0 Å². The Labute approximate surface area is 165 Å². The normalized spacial score (nSPS) is 37.3. The second-order valence-corrected chi connectivity index (χ2v) is 9.75. The fourth-order valence-corrected chi connectivity index (χ4v) is 6.90. The Morgan fingerprint density at radius 2 is 1.78 bits per heavy atom. The minimum absolute atomic E-state index is 0.0330. The van der Waals surface area contributed by atoms with Crippen LogP contribution in [0.1, 0.15) is 96.8 Å². The first-order chi connectivity index (χ1) is 13.2. The van der Waals surface area contributed by atoms with Crippen molar-refractivity contribution < 1.29 is 9.90 Å². The van der Waals surface area contributed by atoms with Gasteiger partial charge >= 0.3 is 5.97 Å². The predicted octanol–water partition coefficient (Wildman–Crippen LogP) is 6.43. The molecule has 0 amide bonds. The zero-order chi connectivity index (χ0) is 19.2. The van der Waals surface area contributed by atoms with E-state index in [1.54, 1.807) is 0 Å². The van der Waals surface area contributed by atoms with Crippen molar-refractivity contribution in [1.29, 1.82) is 5.26 Å². The van der Waals surface area contributed by atoms with Crippen LogP contribution in [0.25, 0.3) is 0 Å². The van der Waals surface area contributed by atoms with Gasteiger partial charge in [0.1, 0.15) is 0 Å². The van der Waals surface area contributed by atoms with Gasteiger partial charge in [0.25, 0.3) is 0 Å². The molecule has 0 aromatic rings. The fraction of sp³-hybridized carbons (Fsp3) is 0.917. The number of nitriles is 1. The number of hydrogen-bond donors (Lipinski definition) is 1. The molecule has 0 aromatic carbocycles. The molecule has 6 atom stereocenters. The Morgan fingerprint density at radius 3 is 2.44 bits per heavy atom. The molecule has 0 spiro atoms. The van der Waals surface area contributed by atoms with Crippen LogP contribution in [0, 0.1) is 52.8 Å². The van der Waals surface area contributed by atoms with Gasteiger partial charge in [0.05, 0.1) is 17.9 Å². The number of nitrogens with zero attached hydrogens (tertiary/aromatic N) is 1.